The van der Waals surface area contributed by atoms with Crippen molar-refractivity contribution in [1.82, 2.24) is 10.2 Å². The van der Waals surface area contributed by atoms with Crippen molar-refractivity contribution in [2.75, 3.05) is 39.4 Å². The molecule has 1 aliphatic carbocycles. The predicted octanol–water partition coefficient (Wildman–Crippen LogP) is 1.43. The number of hydrogen-bond donors (Lipinski definition) is 2. The van der Waals surface area contributed by atoms with Gasteiger partial charge in [0.1, 0.15) is 0 Å². The minimum absolute atomic E-state index is 0. The quantitative estimate of drug-likeness (QED) is 0.782. The Bertz CT molecular complexity index is 315. The highest BCUT2D eigenvalue weighted by molar-refractivity contribution is 5.85. The van der Waals surface area contributed by atoms with Gasteiger partial charge in [-0.1, -0.05) is 13.3 Å². The zero-order valence-corrected chi connectivity index (χ0v) is 15.1. The number of morpholine rings is 1. The lowest BCUT2D eigenvalue weighted by atomic mass is 9.85. The zero-order valence-electron chi connectivity index (χ0n) is 13.5. The van der Waals surface area contributed by atoms with Crippen LogP contribution in [0.3, 0.4) is 0 Å². The molecule has 0 aromatic carbocycles. The number of hydrogen-bond acceptors (Lipinski definition) is 4. The Morgan fingerprint density at radius 2 is 2.00 bits per heavy atom. The number of halogens is 2. The third kappa shape index (κ3) is 7.47. The summed E-state index contributed by atoms with van der Waals surface area (Å²) < 4.78 is 5.35. The first-order valence-corrected chi connectivity index (χ1v) is 7.98. The van der Waals surface area contributed by atoms with Crippen LogP contribution in [-0.2, 0) is 9.53 Å². The molecule has 1 aliphatic heterocycles. The van der Waals surface area contributed by atoms with Crippen molar-refractivity contribution < 1.29 is 9.53 Å². The van der Waals surface area contributed by atoms with E-state index >= 15 is 0 Å². The van der Waals surface area contributed by atoms with E-state index in [0.29, 0.717) is 5.92 Å². The Morgan fingerprint density at radius 3 is 2.64 bits per heavy atom. The maximum Gasteiger partial charge on any atom is 0.223 e. The van der Waals surface area contributed by atoms with Gasteiger partial charge in [-0.05, 0) is 25.2 Å². The van der Waals surface area contributed by atoms with E-state index in [4.69, 9.17) is 10.5 Å². The number of amides is 1. The molecule has 3 unspecified atom stereocenters. The van der Waals surface area contributed by atoms with Gasteiger partial charge < -0.3 is 15.8 Å². The summed E-state index contributed by atoms with van der Waals surface area (Å²) in [6.45, 7) is 7.68. The minimum atomic E-state index is 0. The van der Waals surface area contributed by atoms with E-state index in [1.165, 1.54) is 0 Å². The third-order valence-electron chi connectivity index (χ3n) is 4.38. The molecule has 5 nitrogen and oxygen atoms in total. The van der Waals surface area contributed by atoms with Crippen LogP contribution in [0.5, 0.6) is 0 Å². The van der Waals surface area contributed by atoms with Crippen molar-refractivity contribution in [3.05, 3.63) is 0 Å². The monoisotopic (exact) mass is 355 g/mol. The van der Waals surface area contributed by atoms with Crippen LogP contribution in [0, 0.1) is 11.8 Å². The molecule has 3 atom stereocenters. The molecule has 2 aliphatic rings. The van der Waals surface area contributed by atoms with E-state index in [9.17, 15) is 4.79 Å². The van der Waals surface area contributed by atoms with Crippen molar-refractivity contribution in [2.24, 2.45) is 17.6 Å². The second-order valence-corrected chi connectivity index (χ2v) is 6.39. The van der Waals surface area contributed by atoms with Gasteiger partial charge >= 0.3 is 0 Å². The molecule has 0 aromatic heterocycles. The zero-order chi connectivity index (χ0) is 14.4. The highest BCUT2D eigenvalue weighted by Gasteiger charge is 2.25. The van der Waals surface area contributed by atoms with E-state index < -0.39 is 0 Å². The molecule has 1 amide bonds. The van der Waals surface area contributed by atoms with Crippen LogP contribution in [0.2, 0.25) is 0 Å². The van der Waals surface area contributed by atoms with Gasteiger partial charge in [0.2, 0.25) is 5.91 Å². The van der Waals surface area contributed by atoms with Crippen LogP contribution in [0.4, 0.5) is 0 Å². The van der Waals surface area contributed by atoms with Gasteiger partial charge in [-0.15, -0.1) is 24.8 Å². The summed E-state index contributed by atoms with van der Waals surface area (Å²) in [5.74, 6) is 0.817. The molecule has 1 heterocycles. The summed E-state index contributed by atoms with van der Waals surface area (Å²) in [6.07, 6.45) is 4.00. The fourth-order valence-electron chi connectivity index (χ4n) is 3.17. The molecule has 2 rings (SSSR count). The normalized spacial score (nSPS) is 27.2. The lowest BCUT2D eigenvalue weighted by Crippen LogP contribution is -2.43. The van der Waals surface area contributed by atoms with E-state index in [2.05, 4.69) is 17.1 Å². The molecule has 0 radical (unpaired) electrons. The van der Waals surface area contributed by atoms with Gasteiger partial charge in [-0.2, -0.15) is 0 Å². The largest absolute Gasteiger partial charge is 0.379 e. The number of ether oxygens (including phenoxy) is 1. The molecule has 1 saturated heterocycles. The highest BCUT2D eigenvalue weighted by atomic mass is 35.5. The summed E-state index contributed by atoms with van der Waals surface area (Å²) in [7, 11) is 0. The van der Waals surface area contributed by atoms with Gasteiger partial charge in [0, 0.05) is 38.1 Å². The summed E-state index contributed by atoms with van der Waals surface area (Å²) in [5, 5.41) is 3.11. The van der Waals surface area contributed by atoms with E-state index in [1.807, 2.05) is 0 Å². The lowest BCUT2D eigenvalue weighted by molar-refractivity contribution is -0.126. The van der Waals surface area contributed by atoms with E-state index in [0.717, 1.165) is 65.1 Å². The fourth-order valence-corrected chi connectivity index (χ4v) is 3.17. The van der Waals surface area contributed by atoms with Gasteiger partial charge in [0.25, 0.3) is 0 Å². The van der Waals surface area contributed by atoms with Gasteiger partial charge in [0.05, 0.1) is 13.2 Å². The van der Waals surface area contributed by atoms with Gasteiger partial charge in [0.15, 0.2) is 0 Å². The molecule has 1 saturated carbocycles. The molecule has 0 aromatic rings. The molecule has 7 heteroatoms. The van der Waals surface area contributed by atoms with Crippen LogP contribution in [-0.4, -0.2) is 56.2 Å². The van der Waals surface area contributed by atoms with Gasteiger partial charge in [-0.25, -0.2) is 0 Å². The Balaban J connectivity index is 0.00000220. The molecule has 22 heavy (non-hydrogen) atoms. The number of nitrogens with one attached hydrogen (secondary N) is 1. The first-order valence-electron chi connectivity index (χ1n) is 7.98. The van der Waals surface area contributed by atoms with Crippen LogP contribution < -0.4 is 11.1 Å². The van der Waals surface area contributed by atoms with Crippen molar-refractivity contribution in [3.8, 4) is 0 Å². The standard InChI is InChI=1S/C15H29N3O2.2ClH/c1-12(11-18-5-7-20-8-6-18)10-17-15(19)13-3-2-4-14(16)9-13;;/h12-14H,2-11,16H2,1H3,(H,17,19);2*1H. The second kappa shape index (κ2) is 11.5. The molecular weight excluding hydrogens is 325 g/mol. The van der Waals surface area contributed by atoms with Crippen LogP contribution in [0.15, 0.2) is 0 Å². The highest BCUT2D eigenvalue weighted by Crippen LogP contribution is 2.23. The van der Waals surface area contributed by atoms with E-state index in [1.54, 1.807) is 0 Å². The third-order valence-corrected chi connectivity index (χ3v) is 4.38. The fraction of sp³-hybridized carbons (Fsp3) is 0.933. The van der Waals surface area contributed by atoms with Gasteiger partial charge in [-0.3, -0.25) is 9.69 Å². The molecule has 132 valence electrons. The van der Waals surface area contributed by atoms with Crippen LogP contribution >= 0.6 is 24.8 Å². The Hall–Kier alpha value is -0.0700. The average molecular weight is 356 g/mol. The molecule has 2 fully saturated rings. The Kier molecular flexibility index (Phi) is 11.4. The predicted molar refractivity (Wildman–Crippen MR) is 93.9 cm³/mol. The Morgan fingerprint density at radius 1 is 1.32 bits per heavy atom. The van der Waals surface area contributed by atoms with Crippen LogP contribution in [0.1, 0.15) is 32.6 Å². The number of nitrogens with zero attached hydrogens (tertiary/aromatic N) is 1. The number of nitrogens with two attached hydrogens (primary N) is 1. The Labute approximate surface area is 146 Å². The number of carbonyl (C=O) groups excluding carboxylic acids is 1. The molecule has 0 spiro atoms. The second-order valence-electron chi connectivity index (χ2n) is 6.39. The minimum Gasteiger partial charge on any atom is -0.379 e. The summed E-state index contributed by atoms with van der Waals surface area (Å²) in [4.78, 5) is 14.6. The summed E-state index contributed by atoms with van der Waals surface area (Å²) >= 11 is 0. The number of carbonyl (C=O) groups is 1. The van der Waals surface area contributed by atoms with Crippen molar-refractivity contribution in [1.29, 1.82) is 0 Å². The van der Waals surface area contributed by atoms with Crippen molar-refractivity contribution >= 4 is 30.7 Å². The topological polar surface area (TPSA) is 67.6 Å². The van der Waals surface area contributed by atoms with Crippen molar-refractivity contribution in [3.63, 3.8) is 0 Å². The average Bonchev–Trinajstić information content (AvgIpc) is 2.46. The first kappa shape index (κ1) is 21.9. The maximum atomic E-state index is 12.1. The van der Waals surface area contributed by atoms with Crippen molar-refractivity contribution in [2.45, 2.75) is 38.6 Å². The number of rotatable bonds is 5. The molecular formula is C15H31Cl2N3O2. The summed E-state index contributed by atoms with van der Waals surface area (Å²) in [5.41, 5.74) is 5.94. The molecule has 0 bridgehead atoms. The lowest BCUT2D eigenvalue weighted by Gasteiger charge is -2.30. The molecule has 3 N–H and O–H groups in total. The SMILES string of the molecule is CC(CNC(=O)C1CCCC(N)C1)CN1CCOCC1.Cl.Cl. The van der Waals surface area contributed by atoms with E-state index in [-0.39, 0.29) is 42.7 Å². The maximum absolute atomic E-state index is 12.1. The first-order chi connectivity index (χ1) is 9.65. The smallest absolute Gasteiger partial charge is 0.223 e. The van der Waals surface area contributed by atoms with Crippen LogP contribution in [0.25, 0.3) is 0 Å². The summed E-state index contributed by atoms with van der Waals surface area (Å²) in [6, 6.07) is 0.213.